The Bertz CT molecular complexity index is 1730. The van der Waals surface area contributed by atoms with Crippen molar-refractivity contribution in [1.29, 1.82) is 0 Å². The first kappa shape index (κ1) is 48.4. The van der Waals surface area contributed by atoms with E-state index in [0.717, 1.165) is 0 Å². The van der Waals surface area contributed by atoms with Crippen molar-refractivity contribution in [1.82, 2.24) is 31.9 Å². The normalized spacial score (nSPS) is 14.6. The van der Waals surface area contributed by atoms with Gasteiger partial charge in [0.05, 0.1) is 19.1 Å². The summed E-state index contributed by atoms with van der Waals surface area (Å²) in [5, 5.41) is 43.5. The maximum Gasteiger partial charge on any atom is 0.305 e. The van der Waals surface area contributed by atoms with E-state index >= 15 is 0 Å². The van der Waals surface area contributed by atoms with Crippen molar-refractivity contribution in [3.63, 3.8) is 0 Å². The Morgan fingerprint density at radius 2 is 1.19 bits per heavy atom. The van der Waals surface area contributed by atoms with Crippen molar-refractivity contribution in [3.05, 3.63) is 65.7 Å². The Balaban J connectivity index is 2.18. The molecule has 0 fully saturated rings. The third kappa shape index (κ3) is 16.4. The van der Waals surface area contributed by atoms with E-state index in [1.54, 1.807) is 62.6 Å². The summed E-state index contributed by atoms with van der Waals surface area (Å²) in [5.41, 5.74) is 12.6. The number of amides is 7. The van der Waals surface area contributed by atoms with Crippen LogP contribution in [0, 0.1) is 5.92 Å². The van der Waals surface area contributed by atoms with Gasteiger partial charge in [-0.05, 0) is 61.0 Å². The van der Waals surface area contributed by atoms with Crippen molar-refractivity contribution < 1.29 is 53.7 Å². The van der Waals surface area contributed by atoms with Crippen LogP contribution in [0.5, 0.6) is 5.75 Å². The SMILES string of the molecule is CSCC[C@H](NC(=O)[C@H](NC(=O)[C@H](CO)NC(=O)[C@H](Cc1ccccc1)NC(=O)[C@@H](C)NC(=O)[C@@H](N)Cc1ccc(O)cc1)C(C)C)C(=O)N[C@@H](CC(=O)O)C(N)=O. The summed E-state index contributed by atoms with van der Waals surface area (Å²) in [7, 11) is 0. The summed E-state index contributed by atoms with van der Waals surface area (Å²) in [6.07, 6.45) is 1.09. The van der Waals surface area contributed by atoms with E-state index in [4.69, 9.17) is 16.6 Å². The topological polar surface area (TPSA) is 321 Å². The minimum atomic E-state index is -1.62. The molecule has 0 unspecified atom stereocenters. The molecule has 318 valence electrons. The molecule has 13 N–H and O–H groups in total. The third-order valence-electron chi connectivity index (χ3n) is 8.74. The predicted molar refractivity (Wildman–Crippen MR) is 214 cm³/mol. The molecule has 0 saturated carbocycles. The highest BCUT2D eigenvalue weighted by Crippen LogP contribution is 2.12. The van der Waals surface area contributed by atoms with E-state index in [-0.39, 0.29) is 25.0 Å². The number of aromatic hydroxyl groups is 1. The largest absolute Gasteiger partial charge is 0.508 e. The number of carboxylic acids is 1. The first-order valence-corrected chi connectivity index (χ1v) is 19.8. The number of carboxylic acid groups (broad SMARTS) is 1. The maximum absolute atomic E-state index is 13.7. The lowest BCUT2D eigenvalue weighted by molar-refractivity contribution is -0.140. The number of phenolic OH excluding ortho intramolecular Hbond substituents is 1. The molecular formula is C38H54N8O11S. The Kier molecular flexibility index (Phi) is 20.1. The monoisotopic (exact) mass is 830 g/mol. The van der Waals surface area contributed by atoms with Crippen LogP contribution in [-0.2, 0) is 51.2 Å². The molecule has 0 aliphatic rings. The fourth-order valence-corrected chi connectivity index (χ4v) is 5.88. The van der Waals surface area contributed by atoms with Crippen LogP contribution in [0.25, 0.3) is 0 Å². The lowest BCUT2D eigenvalue weighted by Crippen LogP contribution is -2.61. The quantitative estimate of drug-likeness (QED) is 0.0536. The lowest BCUT2D eigenvalue weighted by atomic mass is 10.0. The number of carbonyl (C=O) groups excluding carboxylic acids is 7. The van der Waals surface area contributed by atoms with Gasteiger partial charge in [-0.2, -0.15) is 11.8 Å². The van der Waals surface area contributed by atoms with Crippen LogP contribution in [0.4, 0.5) is 0 Å². The molecule has 7 amide bonds. The van der Waals surface area contributed by atoms with Crippen LogP contribution in [-0.4, -0.2) is 124 Å². The van der Waals surface area contributed by atoms with Gasteiger partial charge in [-0.1, -0.05) is 56.3 Å². The highest BCUT2D eigenvalue weighted by atomic mass is 32.2. The molecule has 0 heterocycles. The van der Waals surface area contributed by atoms with Gasteiger partial charge in [-0.25, -0.2) is 0 Å². The minimum absolute atomic E-state index is 0.0453. The number of nitrogens with two attached hydrogens (primary N) is 2. The number of aliphatic carboxylic acids is 1. The van der Waals surface area contributed by atoms with Crippen molar-refractivity contribution in [2.24, 2.45) is 17.4 Å². The van der Waals surface area contributed by atoms with Gasteiger partial charge in [-0.3, -0.25) is 38.4 Å². The number of nitrogens with one attached hydrogen (secondary N) is 6. The molecule has 0 aromatic heterocycles. The average molecular weight is 831 g/mol. The molecule has 19 nitrogen and oxygen atoms in total. The van der Waals surface area contributed by atoms with Crippen LogP contribution in [0.2, 0.25) is 0 Å². The number of aliphatic hydroxyl groups is 1. The summed E-state index contributed by atoms with van der Waals surface area (Å²) in [5.74, 6) is -7.61. The Hall–Kier alpha value is -5.73. The van der Waals surface area contributed by atoms with Gasteiger partial charge in [-0.15, -0.1) is 0 Å². The Morgan fingerprint density at radius 1 is 0.655 bits per heavy atom. The summed E-state index contributed by atoms with van der Waals surface area (Å²) < 4.78 is 0. The van der Waals surface area contributed by atoms with Gasteiger partial charge in [0.1, 0.15) is 42.0 Å². The van der Waals surface area contributed by atoms with E-state index in [9.17, 15) is 48.6 Å². The van der Waals surface area contributed by atoms with Crippen molar-refractivity contribution in [2.75, 3.05) is 18.6 Å². The highest BCUT2D eigenvalue weighted by molar-refractivity contribution is 7.98. The molecule has 58 heavy (non-hydrogen) atoms. The number of thioether (sulfide) groups is 1. The van der Waals surface area contributed by atoms with Gasteiger partial charge in [0.25, 0.3) is 0 Å². The second-order valence-corrected chi connectivity index (χ2v) is 14.8. The van der Waals surface area contributed by atoms with Crippen molar-refractivity contribution in [3.8, 4) is 5.75 Å². The summed E-state index contributed by atoms with van der Waals surface area (Å²) in [6, 6.07) is 5.44. The fourth-order valence-electron chi connectivity index (χ4n) is 5.41. The van der Waals surface area contributed by atoms with E-state index in [1.165, 1.54) is 30.8 Å². The zero-order valence-corrected chi connectivity index (χ0v) is 33.5. The van der Waals surface area contributed by atoms with Crippen LogP contribution >= 0.6 is 11.8 Å². The van der Waals surface area contributed by atoms with Gasteiger partial charge in [0.15, 0.2) is 0 Å². The molecule has 7 atom stereocenters. The number of primary amides is 1. The average Bonchev–Trinajstić information content (AvgIpc) is 3.17. The molecule has 2 aromatic rings. The van der Waals surface area contributed by atoms with Gasteiger partial charge >= 0.3 is 5.97 Å². The standard InChI is InChI=1S/C38H54N8O11S/c1-20(2)31(38(57)42-26(14-15-58-4)35(54)43-27(32(40)51)18-30(49)50)46-37(56)29(19-47)45-36(55)28(17-22-8-6-5-7-9-22)44-33(52)21(3)41-34(53)25(39)16-23-10-12-24(48)13-11-23/h5-13,20-21,25-29,31,47-48H,14-19,39H2,1-4H3,(H2,40,51)(H,41,53)(H,42,57)(H,43,54)(H,44,52)(H,45,55)(H,46,56)(H,49,50)/t21-,25+,26+,27+,28+,29+,31-/m1/s1. The number of benzene rings is 2. The molecule has 0 spiro atoms. The van der Waals surface area contributed by atoms with Gasteiger partial charge in [0.2, 0.25) is 41.4 Å². The second kappa shape index (κ2) is 24.1. The highest BCUT2D eigenvalue weighted by Gasteiger charge is 2.34. The molecule has 0 radical (unpaired) electrons. The number of aliphatic hydroxyl groups excluding tert-OH is 1. The van der Waals surface area contributed by atoms with Crippen LogP contribution < -0.4 is 43.4 Å². The predicted octanol–water partition coefficient (Wildman–Crippen LogP) is -2.21. The van der Waals surface area contributed by atoms with Crippen LogP contribution in [0.3, 0.4) is 0 Å². The summed E-state index contributed by atoms with van der Waals surface area (Å²) >= 11 is 1.35. The summed E-state index contributed by atoms with van der Waals surface area (Å²) in [4.78, 5) is 103. The molecule has 0 saturated heterocycles. The van der Waals surface area contributed by atoms with Crippen molar-refractivity contribution in [2.45, 2.75) is 88.7 Å². The smallest absolute Gasteiger partial charge is 0.305 e. The molecule has 0 aliphatic carbocycles. The number of phenols is 1. The van der Waals surface area contributed by atoms with E-state index in [1.807, 2.05) is 0 Å². The first-order chi connectivity index (χ1) is 27.4. The number of hydrogen-bond donors (Lipinski definition) is 11. The number of rotatable bonds is 24. The maximum atomic E-state index is 13.7. The molecule has 0 bridgehead atoms. The lowest BCUT2D eigenvalue weighted by Gasteiger charge is -2.28. The third-order valence-corrected chi connectivity index (χ3v) is 9.39. The fraction of sp³-hybridized carbons (Fsp3) is 0.474. The van der Waals surface area contributed by atoms with E-state index < -0.39 is 109 Å². The second-order valence-electron chi connectivity index (χ2n) is 13.8. The number of hydrogen-bond acceptors (Lipinski definition) is 12. The van der Waals surface area contributed by atoms with E-state index in [2.05, 4.69) is 31.9 Å². The minimum Gasteiger partial charge on any atom is -0.508 e. The molecular weight excluding hydrogens is 777 g/mol. The molecule has 20 heteroatoms. The number of carbonyl (C=O) groups is 8. The van der Waals surface area contributed by atoms with E-state index in [0.29, 0.717) is 16.9 Å². The zero-order valence-electron chi connectivity index (χ0n) is 32.7. The van der Waals surface area contributed by atoms with Gasteiger partial charge in [0, 0.05) is 6.42 Å². The van der Waals surface area contributed by atoms with Crippen LogP contribution in [0.15, 0.2) is 54.6 Å². The zero-order chi connectivity index (χ0) is 43.5. The molecule has 2 aromatic carbocycles. The first-order valence-electron chi connectivity index (χ1n) is 18.4. The molecule has 2 rings (SSSR count). The Morgan fingerprint density at radius 3 is 1.74 bits per heavy atom. The van der Waals surface area contributed by atoms with Gasteiger partial charge < -0.3 is 58.7 Å². The summed E-state index contributed by atoms with van der Waals surface area (Å²) in [6.45, 7) is 3.66. The molecule has 0 aliphatic heterocycles. The Labute approximate surface area is 340 Å². The van der Waals surface area contributed by atoms with Crippen LogP contribution in [0.1, 0.15) is 44.7 Å². The van der Waals surface area contributed by atoms with Crippen molar-refractivity contribution >= 4 is 59.1 Å².